The Bertz CT molecular complexity index is 2250. The average molecular weight is 796 g/mol. The number of nitrogens with one attached hydrogen (secondary N) is 3. The van der Waals surface area contributed by atoms with E-state index in [1.165, 1.54) is 17.7 Å². The van der Waals surface area contributed by atoms with Crippen LogP contribution in [0.2, 0.25) is 0 Å². The highest BCUT2D eigenvalue weighted by Gasteiger charge is 2.45. The van der Waals surface area contributed by atoms with E-state index in [0.29, 0.717) is 48.1 Å². The number of rotatable bonds is 9. The SMILES string of the molecule is CC(C)N1CCOc2c(F)cc(-c3nc(Nc4ccc(C5CCN(C)CC5)cn4)ncc3F)cc21.O=CCNc1cccc2c1C(=O)N(C1CCC(=O)NC1=O)C2=O. The topological polar surface area (TPSA) is 179 Å². The van der Waals surface area contributed by atoms with E-state index < -0.39 is 41.3 Å². The van der Waals surface area contributed by atoms with Crippen molar-refractivity contribution in [2.45, 2.75) is 57.5 Å². The Morgan fingerprint density at radius 2 is 1.76 bits per heavy atom. The van der Waals surface area contributed by atoms with Crippen molar-refractivity contribution in [2.24, 2.45) is 0 Å². The van der Waals surface area contributed by atoms with Gasteiger partial charge in [0.1, 0.15) is 30.4 Å². The van der Waals surface area contributed by atoms with Crippen LogP contribution >= 0.6 is 0 Å². The number of aldehydes is 1. The predicted molar refractivity (Wildman–Crippen MR) is 210 cm³/mol. The molecule has 0 spiro atoms. The van der Waals surface area contributed by atoms with Crippen molar-refractivity contribution in [3.8, 4) is 17.0 Å². The number of imide groups is 2. The summed E-state index contributed by atoms with van der Waals surface area (Å²) in [6.45, 7) is 7.25. The summed E-state index contributed by atoms with van der Waals surface area (Å²) in [5, 5.41) is 7.95. The van der Waals surface area contributed by atoms with E-state index in [1.54, 1.807) is 18.2 Å². The Labute approximate surface area is 333 Å². The standard InChI is InChI=1S/C26H30F2N6O.C15H13N3O5/c1-16(2)34-10-11-35-25-20(27)12-19(13-22(25)34)24-21(28)15-30-26(32-24)31-23-5-4-18(14-29-23)17-6-8-33(3)9-7-17;19-7-6-16-9-3-1-2-8-12(9)15(23)18(14(8)22)10-4-5-11(20)17-13(10)21/h4-5,12-17H,6-11H2,1-3H3,(H,29,30,31,32);1-3,7,10,16H,4-6H2,(H,17,20,21). The van der Waals surface area contributed by atoms with E-state index in [1.807, 2.05) is 31.0 Å². The van der Waals surface area contributed by atoms with Crippen molar-refractivity contribution >= 4 is 53.1 Å². The molecule has 0 saturated carbocycles. The fraction of sp³-hybridized carbons (Fsp3) is 0.366. The van der Waals surface area contributed by atoms with E-state index >= 15 is 0 Å². The Balaban J connectivity index is 0.000000193. The second kappa shape index (κ2) is 17.0. The van der Waals surface area contributed by atoms with Crippen LogP contribution in [0.3, 0.4) is 0 Å². The van der Waals surface area contributed by atoms with Crippen LogP contribution in [-0.4, -0.2) is 107 Å². The zero-order chi connectivity index (χ0) is 41.1. The maximum absolute atomic E-state index is 14.9. The molecule has 4 aliphatic heterocycles. The molecule has 58 heavy (non-hydrogen) atoms. The largest absolute Gasteiger partial charge is 0.486 e. The molecule has 15 nitrogen and oxygen atoms in total. The summed E-state index contributed by atoms with van der Waals surface area (Å²) in [6, 6.07) is 10.7. The van der Waals surface area contributed by atoms with Gasteiger partial charge in [-0.3, -0.25) is 29.4 Å². The molecule has 3 N–H and O–H groups in total. The van der Waals surface area contributed by atoms with Gasteiger partial charge in [0.25, 0.3) is 11.8 Å². The number of piperidine rings is 2. The number of likely N-dealkylation sites (tertiary alicyclic amines) is 1. The van der Waals surface area contributed by atoms with Crippen molar-refractivity contribution in [1.29, 1.82) is 0 Å². The smallest absolute Gasteiger partial charge is 0.264 e. The highest BCUT2D eigenvalue weighted by atomic mass is 19.1. The Morgan fingerprint density at radius 3 is 2.47 bits per heavy atom. The first-order chi connectivity index (χ1) is 27.9. The molecular weight excluding hydrogens is 753 g/mol. The molecule has 1 unspecified atom stereocenters. The first kappa shape index (κ1) is 39.9. The predicted octanol–water partition coefficient (Wildman–Crippen LogP) is 4.68. The van der Waals surface area contributed by atoms with Gasteiger partial charge in [0.05, 0.1) is 36.1 Å². The minimum absolute atomic E-state index is 0.00363. The van der Waals surface area contributed by atoms with E-state index in [2.05, 4.69) is 48.9 Å². The van der Waals surface area contributed by atoms with Gasteiger partial charge < -0.3 is 30.0 Å². The first-order valence-corrected chi connectivity index (χ1v) is 19.1. The number of halogens is 2. The number of pyridine rings is 1. The number of aromatic nitrogens is 3. The highest BCUT2D eigenvalue weighted by Crippen LogP contribution is 2.40. The summed E-state index contributed by atoms with van der Waals surface area (Å²) < 4.78 is 35.2. The molecule has 8 rings (SSSR count). The molecule has 2 fully saturated rings. The highest BCUT2D eigenvalue weighted by molar-refractivity contribution is 6.25. The van der Waals surface area contributed by atoms with Gasteiger partial charge in [-0.2, -0.15) is 0 Å². The number of hydrogen-bond acceptors (Lipinski definition) is 13. The molecule has 2 saturated heterocycles. The molecule has 4 amide bonds. The number of nitrogens with zero attached hydrogens (tertiary/aromatic N) is 6. The lowest BCUT2D eigenvalue weighted by Gasteiger charge is -2.34. The second-order valence-electron chi connectivity index (χ2n) is 14.7. The van der Waals surface area contributed by atoms with Crippen LogP contribution in [0.5, 0.6) is 5.75 Å². The maximum atomic E-state index is 14.9. The third-order valence-electron chi connectivity index (χ3n) is 10.6. The van der Waals surface area contributed by atoms with E-state index in [0.717, 1.165) is 37.0 Å². The van der Waals surface area contributed by atoms with Gasteiger partial charge in [0.2, 0.25) is 17.8 Å². The lowest BCUT2D eigenvalue weighted by molar-refractivity contribution is -0.136. The Hall–Kier alpha value is -6.36. The number of anilines is 4. The summed E-state index contributed by atoms with van der Waals surface area (Å²) in [4.78, 5) is 77.0. The van der Waals surface area contributed by atoms with E-state index in [-0.39, 0.29) is 53.9 Å². The Morgan fingerprint density at radius 1 is 0.966 bits per heavy atom. The van der Waals surface area contributed by atoms with Gasteiger partial charge in [-0.25, -0.2) is 23.7 Å². The van der Waals surface area contributed by atoms with Crippen molar-refractivity contribution in [2.75, 3.05) is 55.4 Å². The average Bonchev–Trinajstić information content (AvgIpc) is 3.47. The van der Waals surface area contributed by atoms with Crippen molar-refractivity contribution in [3.63, 3.8) is 0 Å². The number of benzene rings is 2. The summed E-state index contributed by atoms with van der Waals surface area (Å²) in [5.74, 6) is -1.97. The van der Waals surface area contributed by atoms with Crippen LogP contribution in [-0.2, 0) is 14.4 Å². The second-order valence-corrected chi connectivity index (χ2v) is 14.7. The minimum atomic E-state index is -1.00. The lowest BCUT2D eigenvalue weighted by atomic mass is 9.91. The first-order valence-electron chi connectivity index (χ1n) is 19.1. The number of amides is 4. The van der Waals surface area contributed by atoms with Crippen LogP contribution in [0.4, 0.5) is 31.9 Å². The van der Waals surface area contributed by atoms with Crippen molar-refractivity contribution in [3.05, 3.63) is 83.2 Å². The van der Waals surface area contributed by atoms with Crippen LogP contribution in [0, 0.1) is 11.6 Å². The third kappa shape index (κ3) is 8.20. The molecule has 2 aromatic heterocycles. The number of hydrogen-bond donors (Lipinski definition) is 3. The molecular formula is C41H43F2N9O6. The third-order valence-corrected chi connectivity index (χ3v) is 10.6. The summed E-state index contributed by atoms with van der Waals surface area (Å²) in [7, 11) is 2.14. The van der Waals surface area contributed by atoms with Gasteiger partial charge >= 0.3 is 0 Å². The molecule has 4 aromatic rings. The fourth-order valence-corrected chi connectivity index (χ4v) is 7.60. The number of fused-ring (bicyclic) bond motifs is 2. The van der Waals surface area contributed by atoms with Gasteiger partial charge in [-0.05, 0) is 95.1 Å². The molecule has 302 valence electrons. The molecule has 0 bridgehead atoms. The monoisotopic (exact) mass is 795 g/mol. The van der Waals surface area contributed by atoms with Gasteiger partial charge in [-0.15, -0.1) is 0 Å². The van der Waals surface area contributed by atoms with E-state index in [9.17, 15) is 32.8 Å². The molecule has 1 atom stereocenters. The quantitative estimate of drug-likeness (QED) is 0.157. The normalized spacial score (nSPS) is 18.2. The van der Waals surface area contributed by atoms with Crippen molar-refractivity contribution in [1.82, 2.24) is 30.1 Å². The van der Waals surface area contributed by atoms with Crippen molar-refractivity contribution < 1.29 is 37.5 Å². The number of carbonyl (C=O) groups excluding carboxylic acids is 5. The van der Waals surface area contributed by atoms with Gasteiger partial charge in [0, 0.05) is 29.9 Å². The van der Waals surface area contributed by atoms with Gasteiger partial charge in [0.15, 0.2) is 17.4 Å². The summed E-state index contributed by atoms with van der Waals surface area (Å²) in [5.41, 5.74) is 2.83. The number of ether oxygens (including phenoxy) is 1. The summed E-state index contributed by atoms with van der Waals surface area (Å²) >= 11 is 0. The molecule has 6 heterocycles. The van der Waals surface area contributed by atoms with Crippen LogP contribution in [0.1, 0.15) is 71.7 Å². The molecule has 4 aliphatic rings. The van der Waals surface area contributed by atoms with Crippen LogP contribution in [0.15, 0.2) is 54.9 Å². The molecule has 17 heteroatoms. The maximum Gasteiger partial charge on any atom is 0.264 e. The van der Waals surface area contributed by atoms with Crippen LogP contribution < -0.4 is 25.6 Å². The minimum Gasteiger partial charge on any atom is -0.486 e. The fourth-order valence-electron chi connectivity index (χ4n) is 7.60. The molecule has 2 aromatic carbocycles. The lowest BCUT2D eigenvalue weighted by Crippen LogP contribution is -2.54. The van der Waals surface area contributed by atoms with Gasteiger partial charge in [-0.1, -0.05) is 12.1 Å². The Kier molecular flexibility index (Phi) is 11.7. The molecule has 0 aliphatic carbocycles. The summed E-state index contributed by atoms with van der Waals surface area (Å²) in [6.07, 6.45) is 6.01. The molecule has 0 radical (unpaired) electrons. The zero-order valence-corrected chi connectivity index (χ0v) is 32.3. The number of carbonyl (C=O) groups is 5. The zero-order valence-electron chi connectivity index (χ0n) is 32.3. The van der Waals surface area contributed by atoms with Crippen LogP contribution in [0.25, 0.3) is 11.3 Å². The van der Waals surface area contributed by atoms with E-state index in [4.69, 9.17) is 4.74 Å².